The summed E-state index contributed by atoms with van der Waals surface area (Å²) in [5.74, 6) is 1.48. The van der Waals surface area contributed by atoms with Gasteiger partial charge in [0.1, 0.15) is 0 Å². The summed E-state index contributed by atoms with van der Waals surface area (Å²) in [5.41, 5.74) is 0.992. The minimum atomic E-state index is 0.204. The van der Waals surface area contributed by atoms with Crippen LogP contribution in [0, 0.1) is 0 Å². The maximum atomic E-state index is 8.89. The van der Waals surface area contributed by atoms with Crippen molar-refractivity contribution in [3.8, 4) is 5.88 Å². The highest BCUT2D eigenvalue weighted by Crippen LogP contribution is 2.17. The third kappa shape index (κ3) is 4.53. The zero-order valence-corrected chi connectivity index (χ0v) is 9.96. The molecule has 1 aromatic rings. The zero-order valence-electron chi connectivity index (χ0n) is 9.14. The van der Waals surface area contributed by atoms with E-state index in [1.54, 1.807) is 11.8 Å². The molecule has 0 unspecified atom stereocenters. The molecule has 0 radical (unpaired) electrons. The zero-order chi connectivity index (χ0) is 11.1. The van der Waals surface area contributed by atoms with E-state index >= 15 is 0 Å². The number of aliphatic hydroxyl groups excluding tert-OH is 1. The average molecular weight is 227 g/mol. The molecule has 0 fully saturated rings. The van der Waals surface area contributed by atoms with Crippen LogP contribution in [-0.2, 0) is 5.75 Å². The van der Waals surface area contributed by atoms with E-state index in [9.17, 15) is 0 Å². The molecule has 0 aliphatic heterocycles. The fraction of sp³-hybridized carbons (Fsp3) is 0.545. The molecule has 0 aromatic carbocycles. The highest BCUT2D eigenvalue weighted by molar-refractivity contribution is 7.99. The minimum absolute atomic E-state index is 0.204. The van der Waals surface area contributed by atoms with E-state index in [2.05, 4.69) is 4.98 Å². The molecular weight excluding hydrogens is 210 g/mol. The Bertz CT molecular complexity index is 294. The Labute approximate surface area is 94.9 Å². The first kappa shape index (κ1) is 12.3. The molecule has 4 heteroatoms. The summed E-state index contributed by atoms with van der Waals surface area (Å²) in [7, 11) is 0. The van der Waals surface area contributed by atoms with E-state index in [-0.39, 0.29) is 11.9 Å². The van der Waals surface area contributed by atoms with Crippen molar-refractivity contribution in [1.29, 1.82) is 0 Å². The van der Waals surface area contributed by atoms with Gasteiger partial charge < -0.3 is 9.84 Å². The minimum Gasteiger partial charge on any atom is -0.478 e. The lowest BCUT2D eigenvalue weighted by molar-refractivity contribution is 0.300. The Kier molecular flexibility index (Phi) is 5.50. The van der Waals surface area contributed by atoms with Gasteiger partial charge in [-0.2, -0.15) is 11.8 Å². The van der Waals surface area contributed by atoms with E-state index < -0.39 is 0 Å². The summed E-state index contributed by atoms with van der Waals surface area (Å²) in [6.07, 6.45) is 0. The fourth-order valence-corrected chi connectivity index (χ4v) is 1.77. The standard InChI is InChI=1S/C11H17NO2S/c1-3-14-11-6-4-5-10(12-11)8-15-9(2)7-13/h4-6,9,13H,3,7-8H2,1-2H3/t9-/m1/s1. The number of pyridine rings is 1. The Morgan fingerprint density at radius 2 is 2.33 bits per heavy atom. The third-order valence-corrected chi connectivity index (χ3v) is 3.03. The van der Waals surface area contributed by atoms with Gasteiger partial charge in [-0.3, -0.25) is 0 Å². The van der Waals surface area contributed by atoms with Gasteiger partial charge in [0, 0.05) is 17.1 Å². The number of ether oxygens (including phenoxy) is 1. The van der Waals surface area contributed by atoms with Gasteiger partial charge >= 0.3 is 0 Å². The topological polar surface area (TPSA) is 42.4 Å². The average Bonchev–Trinajstić information content (AvgIpc) is 2.27. The summed E-state index contributed by atoms with van der Waals surface area (Å²) >= 11 is 1.69. The molecule has 0 spiro atoms. The van der Waals surface area contributed by atoms with Crippen LogP contribution in [-0.4, -0.2) is 28.6 Å². The fourth-order valence-electron chi connectivity index (χ4n) is 1.05. The number of thioether (sulfide) groups is 1. The van der Waals surface area contributed by atoms with Gasteiger partial charge in [0.05, 0.1) is 18.9 Å². The van der Waals surface area contributed by atoms with Crippen molar-refractivity contribution in [2.75, 3.05) is 13.2 Å². The molecular formula is C11H17NO2S. The third-order valence-electron chi connectivity index (χ3n) is 1.85. The molecule has 1 rings (SSSR count). The van der Waals surface area contributed by atoms with Crippen LogP contribution in [0.15, 0.2) is 18.2 Å². The van der Waals surface area contributed by atoms with Crippen LogP contribution in [0.3, 0.4) is 0 Å². The van der Waals surface area contributed by atoms with Crippen molar-refractivity contribution in [2.24, 2.45) is 0 Å². The van der Waals surface area contributed by atoms with Crippen molar-refractivity contribution in [3.05, 3.63) is 23.9 Å². The molecule has 1 atom stereocenters. The molecule has 0 aliphatic rings. The summed E-state index contributed by atoms with van der Waals surface area (Å²) in [6.45, 7) is 4.78. The molecule has 1 N–H and O–H groups in total. The number of nitrogens with zero attached hydrogens (tertiary/aromatic N) is 1. The number of hydrogen-bond donors (Lipinski definition) is 1. The molecule has 0 amide bonds. The van der Waals surface area contributed by atoms with Gasteiger partial charge in [-0.25, -0.2) is 4.98 Å². The molecule has 1 aromatic heterocycles. The maximum Gasteiger partial charge on any atom is 0.213 e. The molecule has 0 bridgehead atoms. The van der Waals surface area contributed by atoms with Crippen molar-refractivity contribution < 1.29 is 9.84 Å². The van der Waals surface area contributed by atoms with Crippen LogP contribution in [0.5, 0.6) is 5.88 Å². The van der Waals surface area contributed by atoms with E-state index in [0.29, 0.717) is 12.5 Å². The monoisotopic (exact) mass is 227 g/mol. The highest BCUT2D eigenvalue weighted by Gasteiger charge is 2.03. The van der Waals surface area contributed by atoms with E-state index in [0.717, 1.165) is 11.4 Å². The van der Waals surface area contributed by atoms with Gasteiger partial charge in [-0.15, -0.1) is 0 Å². The van der Waals surface area contributed by atoms with Gasteiger partial charge in [0.15, 0.2) is 0 Å². The Morgan fingerprint density at radius 1 is 1.53 bits per heavy atom. The quantitative estimate of drug-likeness (QED) is 0.808. The SMILES string of the molecule is CCOc1cccc(CS[C@H](C)CO)n1. The lowest BCUT2D eigenvalue weighted by Crippen LogP contribution is -2.03. The largest absolute Gasteiger partial charge is 0.478 e. The number of hydrogen-bond acceptors (Lipinski definition) is 4. The number of aliphatic hydroxyl groups is 1. The number of rotatable bonds is 6. The molecule has 3 nitrogen and oxygen atoms in total. The normalized spacial score (nSPS) is 12.5. The first-order valence-corrected chi connectivity index (χ1v) is 6.12. The van der Waals surface area contributed by atoms with Gasteiger partial charge in [-0.05, 0) is 13.0 Å². The summed E-state index contributed by atoms with van der Waals surface area (Å²) in [4.78, 5) is 4.34. The van der Waals surface area contributed by atoms with Crippen LogP contribution >= 0.6 is 11.8 Å². The first-order valence-electron chi connectivity index (χ1n) is 5.07. The Morgan fingerprint density at radius 3 is 3.00 bits per heavy atom. The molecule has 1 heterocycles. The van der Waals surface area contributed by atoms with Gasteiger partial charge in [0.2, 0.25) is 5.88 Å². The van der Waals surface area contributed by atoms with Crippen LogP contribution in [0.2, 0.25) is 0 Å². The van der Waals surface area contributed by atoms with Crippen molar-refractivity contribution in [2.45, 2.75) is 24.9 Å². The second-order valence-corrected chi connectivity index (χ2v) is 4.63. The van der Waals surface area contributed by atoms with Crippen molar-refractivity contribution in [3.63, 3.8) is 0 Å². The van der Waals surface area contributed by atoms with Crippen molar-refractivity contribution >= 4 is 11.8 Å². The second kappa shape index (κ2) is 6.69. The maximum absolute atomic E-state index is 8.89. The summed E-state index contributed by atoms with van der Waals surface area (Å²) in [5, 5.41) is 9.14. The van der Waals surface area contributed by atoms with Crippen LogP contribution in [0.4, 0.5) is 0 Å². The second-order valence-electron chi connectivity index (χ2n) is 3.20. The summed E-state index contributed by atoms with van der Waals surface area (Å²) < 4.78 is 5.31. The van der Waals surface area contributed by atoms with E-state index in [1.165, 1.54) is 0 Å². The smallest absolute Gasteiger partial charge is 0.213 e. The molecule has 0 saturated heterocycles. The number of aromatic nitrogens is 1. The first-order chi connectivity index (χ1) is 7.26. The van der Waals surface area contributed by atoms with E-state index in [4.69, 9.17) is 9.84 Å². The lowest BCUT2D eigenvalue weighted by atomic mass is 10.4. The van der Waals surface area contributed by atoms with Crippen LogP contribution in [0.1, 0.15) is 19.5 Å². The molecule has 0 saturated carbocycles. The predicted molar refractivity (Wildman–Crippen MR) is 63.2 cm³/mol. The van der Waals surface area contributed by atoms with Crippen LogP contribution in [0.25, 0.3) is 0 Å². The molecule has 0 aliphatic carbocycles. The molecule has 84 valence electrons. The predicted octanol–water partition coefficient (Wildman–Crippen LogP) is 2.09. The van der Waals surface area contributed by atoms with Gasteiger partial charge in [0.25, 0.3) is 0 Å². The highest BCUT2D eigenvalue weighted by atomic mass is 32.2. The summed E-state index contributed by atoms with van der Waals surface area (Å²) in [6, 6.07) is 5.77. The molecule has 15 heavy (non-hydrogen) atoms. The Hall–Kier alpha value is -0.740. The lowest BCUT2D eigenvalue weighted by Gasteiger charge is -2.08. The van der Waals surface area contributed by atoms with Crippen molar-refractivity contribution in [1.82, 2.24) is 4.98 Å². The van der Waals surface area contributed by atoms with Gasteiger partial charge in [-0.1, -0.05) is 13.0 Å². The van der Waals surface area contributed by atoms with E-state index in [1.807, 2.05) is 32.0 Å². The van der Waals surface area contributed by atoms with Crippen LogP contribution < -0.4 is 4.74 Å². The Balaban J connectivity index is 2.50.